The van der Waals surface area contributed by atoms with Crippen molar-refractivity contribution in [1.29, 1.82) is 0 Å². The predicted molar refractivity (Wildman–Crippen MR) is 128 cm³/mol. The number of pyridine rings is 1. The SMILES string of the molecule is CC(C)(C)OC(=O)N1[C@@H]2CC[C@H]1CN(c1nc(S(C)(=O)=O)nc3sc4c(Cl)nccc4c13)C2. The van der Waals surface area contributed by atoms with Crippen LogP contribution >= 0.6 is 22.9 Å². The lowest BCUT2D eigenvalue weighted by molar-refractivity contribution is 0.0123. The maximum Gasteiger partial charge on any atom is 0.410 e. The second kappa shape index (κ2) is 7.64. The number of hydrogen-bond acceptors (Lipinski definition) is 9. The van der Waals surface area contributed by atoms with E-state index in [1.54, 1.807) is 6.20 Å². The van der Waals surface area contributed by atoms with Crippen molar-refractivity contribution in [3.05, 3.63) is 17.4 Å². The van der Waals surface area contributed by atoms with Crippen LogP contribution in [0.2, 0.25) is 5.15 Å². The summed E-state index contributed by atoms with van der Waals surface area (Å²) < 4.78 is 31.1. The minimum Gasteiger partial charge on any atom is -0.444 e. The second-order valence-electron chi connectivity index (χ2n) is 9.54. The average molecular weight is 510 g/mol. The Morgan fingerprint density at radius 1 is 1.21 bits per heavy atom. The predicted octanol–water partition coefficient (Wildman–Crippen LogP) is 3.88. The topological polar surface area (TPSA) is 106 Å². The van der Waals surface area contributed by atoms with Crippen LogP contribution in [-0.4, -0.2) is 71.4 Å². The lowest BCUT2D eigenvalue weighted by Gasteiger charge is -2.42. The molecule has 2 saturated heterocycles. The molecule has 2 fully saturated rings. The van der Waals surface area contributed by atoms with Crippen molar-refractivity contribution in [3.63, 3.8) is 0 Å². The van der Waals surface area contributed by atoms with Crippen molar-refractivity contribution >= 4 is 65.0 Å². The number of anilines is 1. The fraction of sp³-hybridized carbons (Fsp3) is 0.524. The lowest BCUT2D eigenvalue weighted by Crippen LogP contribution is -2.57. The van der Waals surface area contributed by atoms with Gasteiger partial charge in [-0.2, -0.15) is 0 Å². The van der Waals surface area contributed by atoms with Gasteiger partial charge in [0.1, 0.15) is 21.4 Å². The van der Waals surface area contributed by atoms with Gasteiger partial charge in [0.05, 0.1) is 22.2 Å². The number of amides is 1. The van der Waals surface area contributed by atoms with Gasteiger partial charge in [-0.1, -0.05) is 11.6 Å². The van der Waals surface area contributed by atoms with Crippen LogP contribution in [0.1, 0.15) is 33.6 Å². The summed E-state index contributed by atoms with van der Waals surface area (Å²) in [6.07, 6.45) is 4.12. The molecule has 33 heavy (non-hydrogen) atoms. The van der Waals surface area contributed by atoms with Crippen LogP contribution < -0.4 is 4.90 Å². The highest BCUT2D eigenvalue weighted by Crippen LogP contribution is 2.42. The smallest absolute Gasteiger partial charge is 0.410 e. The molecule has 3 aromatic heterocycles. The zero-order valence-electron chi connectivity index (χ0n) is 18.7. The van der Waals surface area contributed by atoms with Gasteiger partial charge in [0.2, 0.25) is 15.0 Å². The fourth-order valence-electron chi connectivity index (χ4n) is 4.62. The molecule has 0 aromatic carbocycles. The zero-order valence-corrected chi connectivity index (χ0v) is 21.1. The van der Waals surface area contributed by atoms with Gasteiger partial charge in [0.15, 0.2) is 0 Å². The molecular weight excluding hydrogens is 486 g/mol. The lowest BCUT2D eigenvalue weighted by atomic mass is 10.1. The van der Waals surface area contributed by atoms with E-state index >= 15 is 0 Å². The van der Waals surface area contributed by atoms with Crippen molar-refractivity contribution < 1.29 is 17.9 Å². The third-order valence-electron chi connectivity index (χ3n) is 5.88. The Morgan fingerprint density at radius 2 is 1.88 bits per heavy atom. The largest absolute Gasteiger partial charge is 0.444 e. The van der Waals surface area contributed by atoms with Gasteiger partial charge < -0.3 is 9.64 Å². The van der Waals surface area contributed by atoms with E-state index in [0.717, 1.165) is 34.6 Å². The Labute approximate surface area is 200 Å². The van der Waals surface area contributed by atoms with E-state index < -0.39 is 15.4 Å². The molecule has 1 amide bonds. The normalized spacial score (nSPS) is 21.2. The number of thiophene rings is 1. The molecule has 2 bridgehead atoms. The van der Waals surface area contributed by atoms with Gasteiger partial charge in [-0.15, -0.1) is 11.3 Å². The van der Waals surface area contributed by atoms with E-state index in [4.69, 9.17) is 16.3 Å². The zero-order chi connectivity index (χ0) is 23.7. The number of ether oxygens (including phenoxy) is 1. The van der Waals surface area contributed by atoms with Crippen LogP contribution in [0.15, 0.2) is 17.4 Å². The van der Waals surface area contributed by atoms with E-state index in [2.05, 4.69) is 19.9 Å². The molecule has 0 unspecified atom stereocenters. The maximum atomic E-state index is 12.8. The number of sulfone groups is 1. The Balaban J connectivity index is 1.60. The third-order valence-corrected chi connectivity index (χ3v) is 8.23. The summed E-state index contributed by atoms with van der Waals surface area (Å²) in [7, 11) is -3.63. The Morgan fingerprint density at radius 3 is 2.48 bits per heavy atom. The first-order valence-corrected chi connectivity index (χ1v) is 13.7. The Hall–Kier alpha value is -2.24. The Bertz CT molecular complexity index is 1370. The molecule has 0 radical (unpaired) electrons. The molecule has 3 aromatic rings. The third kappa shape index (κ3) is 4.00. The van der Waals surface area contributed by atoms with Gasteiger partial charge in [-0.05, 0) is 39.7 Å². The van der Waals surface area contributed by atoms with Gasteiger partial charge in [-0.25, -0.2) is 28.2 Å². The quantitative estimate of drug-likeness (QED) is 0.378. The number of fused-ring (bicyclic) bond motifs is 5. The maximum absolute atomic E-state index is 12.8. The van der Waals surface area contributed by atoms with E-state index in [-0.39, 0.29) is 23.3 Å². The monoisotopic (exact) mass is 509 g/mol. The summed E-state index contributed by atoms with van der Waals surface area (Å²) in [5.41, 5.74) is -0.570. The van der Waals surface area contributed by atoms with Crippen molar-refractivity contribution in [3.8, 4) is 0 Å². The molecule has 9 nitrogen and oxygen atoms in total. The number of aromatic nitrogens is 3. The van der Waals surface area contributed by atoms with Crippen molar-refractivity contribution in [2.24, 2.45) is 0 Å². The van der Waals surface area contributed by atoms with Gasteiger partial charge >= 0.3 is 6.09 Å². The van der Waals surface area contributed by atoms with Gasteiger partial charge in [0.25, 0.3) is 0 Å². The van der Waals surface area contributed by atoms with E-state index in [1.165, 1.54) is 11.3 Å². The molecule has 0 spiro atoms. The standard InChI is InChI=1S/C21H24ClN5O4S2/c1-21(2,3)31-20(28)27-11-5-6-12(27)10-26(9-11)17-14-13-7-8-23-16(22)15(13)32-18(14)25-19(24-17)33(4,29)30/h7-8,11-12H,5-6,9-10H2,1-4H3/t11-,12+. The molecule has 176 valence electrons. The highest BCUT2D eigenvalue weighted by atomic mass is 35.5. The van der Waals surface area contributed by atoms with Crippen molar-refractivity contribution in [1.82, 2.24) is 19.9 Å². The van der Waals surface area contributed by atoms with Crippen LogP contribution in [0.25, 0.3) is 20.3 Å². The molecule has 12 heteroatoms. The van der Waals surface area contributed by atoms with Crippen LogP contribution in [0.4, 0.5) is 10.6 Å². The summed E-state index contributed by atoms with van der Waals surface area (Å²) in [4.78, 5) is 30.3. The number of rotatable bonds is 2. The van der Waals surface area contributed by atoms with Crippen LogP contribution in [-0.2, 0) is 14.6 Å². The minimum absolute atomic E-state index is 0.0412. The summed E-state index contributed by atoms with van der Waals surface area (Å²) in [5.74, 6) is 0.551. The molecule has 2 atom stereocenters. The summed E-state index contributed by atoms with van der Waals surface area (Å²) in [6, 6.07) is 1.76. The summed E-state index contributed by atoms with van der Waals surface area (Å²) >= 11 is 7.63. The van der Waals surface area contributed by atoms with Gasteiger partial charge in [-0.3, -0.25) is 4.90 Å². The molecular formula is C21H24ClN5O4S2. The molecule has 2 aliphatic heterocycles. The highest BCUT2D eigenvalue weighted by Gasteiger charge is 2.45. The minimum atomic E-state index is -3.63. The fourth-order valence-corrected chi connectivity index (χ4v) is 6.50. The summed E-state index contributed by atoms with van der Waals surface area (Å²) in [6.45, 7) is 6.63. The number of nitrogens with zero attached hydrogens (tertiary/aromatic N) is 5. The van der Waals surface area contributed by atoms with Crippen LogP contribution in [0.5, 0.6) is 0 Å². The first kappa shape index (κ1) is 22.5. The van der Waals surface area contributed by atoms with Crippen molar-refractivity contribution in [2.45, 2.75) is 56.5 Å². The number of carbonyl (C=O) groups excluding carboxylic acids is 1. The highest BCUT2D eigenvalue weighted by molar-refractivity contribution is 7.90. The molecule has 0 saturated carbocycles. The first-order valence-electron chi connectivity index (χ1n) is 10.6. The summed E-state index contributed by atoms with van der Waals surface area (Å²) in [5, 5.41) is 1.73. The molecule has 2 aliphatic rings. The molecule has 5 heterocycles. The van der Waals surface area contributed by atoms with E-state index in [1.807, 2.05) is 31.7 Å². The number of piperazine rings is 1. The molecule has 5 rings (SSSR count). The number of carbonyl (C=O) groups is 1. The van der Waals surface area contributed by atoms with Crippen LogP contribution in [0, 0.1) is 0 Å². The second-order valence-corrected chi connectivity index (χ2v) is 12.8. The number of hydrogen-bond donors (Lipinski definition) is 0. The number of halogens is 1. The Kier molecular flexibility index (Phi) is 5.22. The van der Waals surface area contributed by atoms with E-state index in [0.29, 0.717) is 28.9 Å². The van der Waals surface area contributed by atoms with Crippen molar-refractivity contribution in [2.75, 3.05) is 24.2 Å². The molecule has 0 N–H and O–H groups in total. The van der Waals surface area contributed by atoms with Crippen LogP contribution in [0.3, 0.4) is 0 Å². The van der Waals surface area contributed by atoms with E-state index in [9.17, 15) is 13.2 Å². The average Bonchev–Trinajstić information content (AvgIpc) is 3.21. The van der Waals surface area contributed by atoms with Gasteiger partial charge in [0, 0.05) is 30.9 Å². The first-order chi connectivity index (χ1) is 15.4. The molecule has 0 aliphatic carbocycles.